The monoisotopic (exact) mass is 277 g/mol. The second-order valence-electron chi connectivity index (χ2n) is 5.69. The molecule has 110 valence electrons. The Morgan fingerprint density at radius 3 is 2.65 bits per heavy atom. The van der Waals surface area contributed by atoms with Gasteiger partial charge in [-0.1, -0.05) is 13.3 Å². The molecule has 0 bridgehead atoms. The second kappa shape index (κ2) is 5.81. The molecule has 1 aliphatic rings. The highest BCUT2D eigenvalue weighted by atomic mass is 16.5. The van der Waals surface area contributed by atoms with Crippen molar-refractivity contribution in [2.75, 3.05) is 6.61 Å². The van der Waals surface area contributed by atoms with Gasteiger partial charge in [0.05, 0.1) is 12.2 Å². The molecule has 0 saturated heterocycles. The molecule has 1 aliphatic carbocycles. The summed E-state index contributed by atoms with van der Waals surface area (Å²) in [7, 11) is 0. The van der Waals surface area contributed by atoms with E-state index >= 15 is 0 Å². The molecule has 1 heterocycles. The molecule has 0 aromatic carbocycles. The maximum absolute atomic E-state index is 12.3. The largest absolute Gasteiger partial charge is 0.462 e. The summed E-state index contributed by atoms with van der Waals surface area (Å²) < 4.78 is 6.92. The first kappa shape index (κ1) is 14.8. The minimum atomic E-state index is -0.332. The zero-order valence-corrected chi connectivity index (χ0v) is 12.7. The van der Waals surface area contributed by atoms with E-state index in [1.807, 2.05) is 6.92 Å². The number of nitrogens with zero attached hydrogens (tertiary/aromatic N) is 1. The molecule has 0 N–H and O–H groups in total. The van der Waals surface area contributed by atoms with E-state index in [4.69, 9.17) is 4.74 Å². The lowest BCUT2D eigenvalue weighted by molar-refractivity contribution is 0.0523. The van der Waals surface area contributed by atoms with Crippen LogP contribution >= 0.6 is 0 Å². The van der Waals surface area contributed by atoms with Crippen molar-refractivity contribution in [1.82, 2.24) is 4.57 Å². The second-order valence-corrected chi connectivity index (χ2v) is 5.69. The van der Waals surface area contributed by atoms with Crippen molar-refractivity contribution in [2.24, 2.45) is 5.92 Å². The summed E-state index contributed by atoms with van der Waals surface area (Å²) >= 11 is 0. The summed E-state index contributed by atoms with van der Waals surface area (Å²) in [5, 5.41) is 0. The Bertz CT molecular complexity index is 574. The highest BCUT2D eigenvalue weighted by Gasteiger charge is 2.29. The van der Waals surface area contributed by atoms with Gasteiger partial charge >= 0.3 is 5.97 Å². The fraction of sp³-hybridized carbons (Fsp3) is 0.625. The molecular formula is C16H23NO3. The van der Waals surface area contributed by atoms with Gasteiger partial charge in [-0.2, -0.15) is 0 Å². The van der Waals surface area contributed by atoms with E-state index in [9.17, 15) is 9.59 Å². The Morgan fingerprint density at radius 1 is 1.40 bits per heavy atom. The number of hydrogen-bond acceptors (Lipinski definition) is 3. The summed E-state index contributed by atoms with van der Waals surface area (Å²) in [5.41, 5.74) is 1.98. The van der Waals surface area contributed by atoms with E-state index in [-0.39, 0.29) is 17.6 Å². The van der Waals surface area contributed by atoms with Gasteiger partial charge in [0.25, 0.3) is 5.56 Å². The molecule has 20 heavy (non-hydrogen) atoms. The quantitative estimate of drug-likeness (QED) is 0.798. The normalized spacial score (nSPS) is 22.0. The predicted molar refractivity (Wildman–Crippen MR) is 78.2 cm³/mol. The first-order valence-electron chi connectivity index (χ1n) is 7.37. The van der Waals surface area contributed by atoms with Crippen molar-refractivity contribution in [3.05, 3.63) is 33.2 Å². The van der Waals surface area contributed by atoms with Crippen LogP contribution in [0.15, 0.2) is 10.9 Å². The fourth-order valence-electron chi connectivity index (χ4n) is 3.33. The lowest BCUT2D eigenvalue weighted by Crippen LogP contribution is -2.30. The molecule has 4 nitrogen and oxygen atoms in total. The van der Waals surface area contributed by atoms with Crippen molar-refractivity contribution in [2.45, 2.75) is 53.0 Å². The third kappa shape index (κ3) is 2.51. The van der Waals surface area contributed by atoms with E-state index in [1.54, 1.807) is 24.5 Å². The van der Waals surface area contributed by atoms with Gasteiger partial charge in [0.15, 0.2) is 0 Å². The SMILES string of the molecule is CCOC(=O)c1c(C)cc(=O)n(C2CCCC2C)c1C. The maximum atomic E-state index is 12.3. The Kier molecular flexibility index (Phi) is 4.31. The zero-order chi connectivity index (χ0) is 14.9. The van der Waals surface area contributed by atoms with Crippen LogP contribution in [0.2, 0.25) is 0 Å². The van der Waals surface area contributed by atoms with Gasteiger partial charge in [-0.25, -0.2) is 4.79 Å². The summed E-state index contributed by atoms with van der Waals surface area (Å²) in [6.07, 6.45) is 3.28. The predicted octanol–water partition coefficient (Wildman–Crippen LogP) is 3.00. The fourth-order valence-corrected chi connectivity index (χ4v) is 3.33. The van der Waals surface area contributed by atoms with Gasteiger partial charge in [0.1, 0.15) is 0 Å². The van der Waals surface area contributed by atoms with Crippen molar-refractivity contribution in [1.29, 1.82) is 0 Å². The van der Waals surface area contributed by atoms with Crippen molar-refractivity contribution in [3.8, 4) is 0 Å². The highest BCUT2D eigenvalue weighted by molar-refractivity contribution is 5.92. The highest BCUT2D eigenvalue weighted by Crippen LogP contribution is 2.35. The minimum Gasteiger partial charge on any atom is -0.462 e. The lowest BCUT2D eigenvalue weighted by Gasteiger charge is -2.23. The third-order valence-corrected chi connectivity index (χ3v) is 4.32. The molecule has 1 aromatic heterocycles. The molecule has 1 aromatic rings. The molecule has 0 amide bonds. The average Bonchev–Trinajstić information content (AvgIpc) is 2.75. The standard InChI is InChI=1S/C16H23NO3/c1-5-20-16(19)15-11(3)9-14(18)17(12(15)4)13-8-6-7-10(13)2/h9-10,13H,5-8H2,1-4H3. The molecule has 0 radical (unpaired) electrons. The van der Waals surface area contributed by atoms with Crippen LogP contribution in [-0.2, 0) is 4.74 Å². The number of carbonyl (C=O) groups is 1. The van der Waals surface area contributed by atoms with Crippen LogP contribution in [0, 0.1) is 19.8 Å². The number of rotatable bonds is 3. The number of pyridine rings is 1. The lowest BCUT2D eigenvalue weighted by atomic mass is 10.0. The zero-order valence-electron chi connectivity index (χ0n) is 12.7. The number of ether oxygens (including phenoxy) is 1. The summed E-state index contributed by atoms with van der Waals surface area (Å²) in [5.74, 6) is 0.144. The molecular weight excluding hydrogens is 254 g/mol. The first-order valence-corrected chi connectivity index (χ1v) is 7.37. The van der Waals surface area contributed by atoms with Crippen LogP contribution in [0.5, 0.6) is 0 Å². The topological polar surface area (TPSA) is 48.3 Å². The van der Waals surface area contributed by atoms with Crippen LogP contribution < -0.4 is 5.56 Å². The van der Waals surface area contributed by atoms with Gasteiger partial charge < -0.3 is 9.30 Å². The number of hydrogen-bond donors (Lipinski definition) is 0. The van der Waals surface area contributed by atoms with Crippen molar-refractivity contribution >= 4 is 5.97 Å². The summed E-state index contributed by atoms with van der Waals surface area (Å²) in [4.78, 5) is 24.4. The Labute approximate surface area is 119 Å². The molecule has 0 aliphatic heterocycles. The molecule has 2 atom stereocenters. The minimum absolute atomic E-state index is 0.00759. The van der Waals surface area contributed by atoms with Gasteiger partial charge in [0, 0.05) is 17.8 Å². The maximum Gasteiger partial charge on any atom is 0.340 e. The number of carbonyl (C=O) groups excluding carboxylic acids is 1. The molecule has 1 fully saturated rings. The van der Waals surface area contributed by atoms with Gasteiger partial charge in [-0.05, 0) is 45.1 Å². The number of esters is 1. The summed E-state index contributed by atoms with van der Waals surface area (Å²) in [6.45, 7) is 7.95. The molecule has 2 rings (SSSR count). The Morgan fingerprint density at radius 2 is 2.10 bits per heavy atom. The van der Waals surface area contributed by atoms with Crippen LogP contribution in [0.3, 0.4) is 0 Å². The van der Waals surface area contributed by atoms with E-state index in [0.717, 1.165) is 25.0 Å². The smallest absolute Gasteiger partial charge is 0.340 e. The Hall–Kier alpha value is -1.58. The van der Waals surface area contributed by atoms with E-state index in [2.05, 4.69) is 6.92 Å². The van der Waals surface area contributed by atoms with Gasteiger partial charge in [-0.3, -0.25) is 4.79 Å². The van der Waals surface area contributed by atoms with E-state index in [0.29, 0.717) is 23.7 Å². The van der Waals surface area contributed by atoms with Crippen LogP contribution in [0.1, 0.15) is 60.8 Å². The summed E-state index contributed by atoms with van der Waals surface area (Å²) in [6, 6.07) is 1.76. The molecule has 1 saturated carbocycles. The molecule has 2 unspecified atom stereocenters. The van der Waals surface area contributed by atoms with Crippen LogP contribution in [-0.4, -0.2) is 17.1 Å². The van der Waals surface area contributed by atoms with Gasteiger partial charge in [0.2, 0.25) is 0 Å². The average molecular weight is 277 g/mol. The van der Waals surface area contributed by atoms with Crippen LogP contribution in [0.25, 0.3) is 0 Å². The number of aromatic nitrogens is 1. The van der Waals surface area contributed by atoms with E-state index in [1.165, 1.54) is 0 Å². The molecule has 0 spiro atoms. The Balaban J connectivity index is 2.55. The van der Waals surface area contributed by atoms with Crippen molar-refractivity contribution in [3.63, 3.8) is 0 Å². The number of aryl methyl sites for hydroxylation is 1. The van der Waals surface area contributed by atoms with Gasteiger partial charge in [-0.15, -0.1) is 0 Å². The van der Waals surface area contributed by atoms with Crippen molar-refractivity contribution < 1.29 is 9.53 Å². The third-order valence-electron chi connectivity index (χ3n) is 4.32. The first-order chi connectivity index (χ1) is 9.47. The van der Waals surface area contributed by atoms with Crippen LogP contribution in [0.4, 0.5) is 0 Å². The van der Waals surface area contributed by atoms with E-state index < -0.39 is 0 Å². The molecule has 4 heteroatoms.